The first kappa shape index (κ1) is 27.2. The van der Waals surface area contributed by atoms with Gasteiger partial charge in [0.25, 0.3) is 0 Å². The number of para-hydroxylation sites is 1. The Hall–Kier alpha value is -3.39. The molecule has 2 N–H and O–H groups in total. The number of aromatic nitrogens is 6. The average Bonchev–Trinajstić information content (AvgIpc) is 3.46. The summed E-state index contributed by atoms with van der Waals surface area (Å²) >= 11 is 12.4. The molecule has 10 nitrogen and oxygen atoms in total. The number of anilines is 1. The van der Waals surface area contributed by atoms with Crippen LogP contribution >= 0.6 is 23.2 Å². The maximum Gasteiger partial charge on any atom is 0.416 e. The van der Waals surface area contributed by atoms with Crippen molar-refractivity contribution in [2.24, 2.45) is 0 Å². The molecule has 2 aromatic carbocycles. The smallest absolute Gasteiger partial charge is 0.382 e. The Kier molecular flexibility index (Phi) is 7.67. The van der Waals surface area contributed by atoms with Crippen molar-refractivity contribution in [2.75, 3.05) is 31.1 Å². The Balaban J connectivity index is 1.56. The third-order valence-corrected chi connectivity index (χ3v) is 6.74. The zero-order valence-electron chi connectivity index (χ0n) is 20.3. The maximum atomic E-state index is 13.3. The summed E-state index contributed by atoms with van der Waals surface area (Å²) in [7, 11) is 0. The lowest BCUT2D eigenvalue weighted by atomic mass is 10.2. The molecule has 3 heterocycles. The van der Waals surface area contributed by atoms with Crippen LogP contribution in [0.5, 0.6) is 0 Å². The quantitative estimate of drug-likeness (QED) is 0.345. The third kappa shape index (κ3) is 5.81. The van der Waals surface area contributed by atoms with Crippen LogP contribution in [0.3, 0.4) is 0 Å². The predicted molar refractivity (Wildman–Crippen MR) is 140 cm³/mol. The van der Waals surface area contributed by atoms with Crippen molar-refractivity contribution >= 4 is 29.2 Å². The van der Waals surface area contributed by atoms with Gasteiger partial charge in [-0.15, -0.1) is 10.2 Å². The minimum atomic E-state index is -4.92. The predicted octanol–water partition coefficient (Wildman–Crippen LogP) is 2.98. The number of halogens is 5. The molecule has 206 valence electrons. The molecular weight excluding hydrogens is 560 g/mol. The van der Waals surface area contributed by atoms with Gasteiger partial charge in [0.05, 0.1) is 17.3 Å². The van der Waals surface area contributed by atoms with E-state index in [2.05, 4.69) is 20.5 Å². The van der Waals surface area contributed by atoms with Gasteiger partial charge in [-0.2, -0.15) is 22.8 Å². The molecule has 39 heavy (non-hydrogen) atoms. The first-order valence-corrected chi connectivity index (χ1v) is 12.7. The molecule has 0 saturated carbocycles. The Morgan fingerprint density at radius 3 is 2.38 bits per heavy atom. The molecule has 4 aromatic rings. The van der Waals surface area contributed by atoms with E-state index in [9.17, 15) is 23.1 Å². The molecule has 1 atom stereocenters. The summed E-state index contributed by atoms with van der Waals surface area (Å²) in [5, 5.41) is 22.7. The highest BCUT2D eigenvalue weighted by Crippen LogP contribution is 2.26. The second-order valence-corrected chi connectivity index (χ2v) is 9.71. The van der Waals surface area contributed by atoms with Crippen molar-refractivity contribution in [3.8, 4) is 17.1 Å². The van der Waals surface area contributed by atoms with Crippen molar-refractivity contribution < 1.29 is 18.3 Å². The van der Waals surface area contributed by atoms with E-state index in [4.69, 9.17) is 23.2 Å². The Labute approximate surface area is 230 Å². The molecule has 0 radical (unpaired) electrons. The van der Waals surface area contributed by atoms with Gasteiger partial charge in [-0.05, 0) is 36.4 Å². The molecule has 1 aliphatic rings. The summed E-state index contributed by atoms with van der Waals surface area (Å²) in [6.07, 6.45) is -7.69. The van der Waals surface area contributed by atoms with Gasteiger partial charge in [0.1, 0.15) is 6.54 Å². The molecule has 15 heteroatoms. The zero-order chi connectivity index (χ0) is 27.7. The van der Waals surface area contributed by atoms with Gasteiger partial charge < -0.3 is 15.3 Å². The Morgan fingerprint density at radius 2 is 1.72 bits per heavy atom. The van der Waals surface area contributed by atoms with Crippen LogP contribution in [0.25, 0.3) is 17.1 Å². The number of benzene rings is 2. The standard InChI is InChI=1S/C24H23Cl2F3N8O2/c25-16-7-5-15(6-8-16)21-33-36(23(39)35(21)13-19(38)24(27,28)29)14-20-31-22(34-11-9-30-10-12-34)37(32-20)18-4-2-1-3-17(18)26/h1-8,19,30,38H,9-14H2/t19-/m0/s1. The summed E-state index contributed by atoms with van der Waals surface area (Å²) in [6, 6.07) is 13.2. The fourth-order valence-corrected chi connectivity index (χ4v) is 4.54. The van der Waals surface area contributed by atoms with E-state index in [0.717, 1.165) is 22.3 Å². The van der Waals surface area contributed by atoms with Crippen molar-refractivity contribution in [1.82, 2.24) is 34.4 Å². The molecule has 0 aliphatic carbocycles. The van der Waals surface area contributed by atoms with E-state index in [1.807, 2.05) is 4.90 Å². The first-order chi connectivity index (χ1) is 18.6. The highest BCUT2D eigenvalue weighted by atomic mass is 35.5. The average molecular weight is 583 g/mol. The summed E-state index contributed by atoms with van der Waals surface area (Å²) in [6.45, 7) is 1.53. The highest BCUT2D eigenvalue weighted by Gasteiger charge is 2.39. The molecule has 1 aliphatic heterocycles. The number of aliphatic hydroxyl groups is 1. The molecular formula is C24H23Cl2F3N8O2. The highest BCUT2D eigenvalue weighted by molar-refractivity contribution is 6.32. The van der Waals surface area contributed by atoms with Crippen LogP contribution in [-0.2, 0) is 13.1 Å². The number of rotatable bonds is 7. The van der Waals surface area contributed by atoms with Gasteiger partial charge in [0.15, 0.2) is 17.8 Å². The molecule has 0 bridgehead atoms. The minimum absolute atomic E-state index is 0.0622. The van der Waals surface area contributed by atoms with Crippen molar-refractivity contribution in [3.05, 3.63) is 74.9 Å². The van der Waals surface area contributed by atoms with Gasteiger partial charge in [0.2, 0.25) is 5.95 Å². The normalized spacial score (nSPS) is 15.1. The number of nitrogens with one attached hydrogen (secondary N) is 1. The van der Waals surface area contributed by atoms with E-state index >= 15 is 0 Å². The van der Waals surface area contributed by atoms with Crippen molar-refractivity contribution in [1.29, 1.82) is 0 Å². The maximum absolute atomic E-state index is 13.3. The fraction of sp³-hybridized carbons (Fsp3) is 0.333. The van der Waals surface area contributed by atoms with Gasteiger partial charge in [0, 0.05) is 36.8 Å². The molecule has 1 fully saturated rings. The molecule has 0 spiro atoms. The lowest BCUT2D eigenvalue weighted by Gasteiger charge is -2.28. The van der Waals surface area contributed by atoms with E-state index in [1.54, 1.807) is 28.9 Å². The van der Waals surface area contributed by atoms with E-state index in [-0.39, 0.29) is 18.2 Å². The lowest BCUT2D eigenvalue weighted by Crippen LogP contribution is -2.44. The second-order valence-electron chi connectivity index (χ2n) is 8.87. The van der Waals surface area contributed by atoms with Gasteiger partial charge in [-0.3, -0.25) is 4.57 Å². The Morgan fingerprint density at radius 1 is 1.03 bits per heavy atom. The van der Waals surface area contributed by atoms with Crippen LogP contribution in [0.2, 0.25) is 10.0 Å². The van der Waals surface area contributed by atoms with E-state index in [1.165, 1.54) is 24.3 Å². The summed E-state index contributed by atoms with van der Waals surface area (Å²) in [5.41, 5.74) is 0.0706. The largest absolute Gasteiger partial charge is 0.416 e. The van der Waals surface area contributed by atoms with Crippen LogP contribution in [0.1, 0.15) is 5.82 Å². The monoisotopic (exact) mass is 582 g/mol. The number of nitrogens with zero attached hydrogens (tertiary/aromatic N) is 7. The van der Waals surface area contributed by atoms with Crippen molar-refractivity contribution in [3.63, 3.8) is 0 Å². The van der Waals surface area contributed by atoms with Gasteiger partial charge >= 0.3 is 11.9 Å². The van der Waals surface area contributed by atoms with E-state index in [0.29, 0.717) is 40.3 Å². The molecule has 0 amide bonds. The van der Waals surface area contributed by atoms with Gasteiger partial charge in [-0.25, -0.2) is 9.48 Å². The third-order valence-electron chi connectivity index (χ3n) is 6.16. The van der Waals surface area contributed by atoms with Crippen LogP contribution in [0, 0.1) is 0 Å². The van der Waals surface area contributed by atoms with Crippen molar-refractivity contribution in [2.45, 2.75) is 25.4 Å². The second kappa shape index (κ2) is 11.0. The topological polar surface area (TPSA) is 106 Å². The fourth-order valence-electron chi connectivity index (χ4n) is 4.20. The van der Waals surface area contributed by atoms with E-state index < -0.39 is 24.5 Å². The van der Waals surface area contributed by atoms with Crippen LogP contribution < -0.4 is 15.9 Å². The number of aliphatic hydroxyl groups excluding tert-OH is 1. The molecule has 1 saturated heterocycles. The summed E-state index contributed by atoms with van der Waals surface area (Å²) in [4.78, 5) is 19.9. The van der Waals surface area contributed by atoms with Gasteiger partial charge in [-0.1, -0.05) is 35.3 Å². The number of alkyl halides is 3. The minimum Gasteiger partial charge on any atom is -0.382 e. The van der Waals surface area contributed by atoms with Crippen LogP contribution in [0.15, 0.2) is 53.3 Å². The lowest BCUT2D eigenvalue weighted by molar-refractivity contribution is -0.207. The molecule has 5 rings (SSSR count). The summed E-state index contributed by atoms with van der Waals surface area (Å²) < 4.78 is 42.9. The summed E-state index contributed by atoms with van der Waals surface area (Å²) in [5.74, 6) is 0.652. The molecule has 0 unspecified atom stereocenters. The Bertz CT molecular complexity index is 1510. The number of hydrogen-bond donors (Lipinski definition) is 2. The number of hydrogen-bond acceptors (Lipinski definition) is 7. The zero-order valence-corrected chi connectivity index (χ0v) is 21.8. The first-order valence-electron chi connectivity index (χ1n) is 12.0. The SMILES string of the molecule is O=c1n(Cc2nc(N3CCNCC3)n(-c3ccccc3Cl)n2)nc(-c2ccc(Cl)cc2)n1C[C@H](O)C(F)(F)F. The van der Waals surface area contributed by atoms with Crippen LogP contribution in [0.4, 0.5) is 19.1 Å². The number of piperazine rings is 1. The molecule has 2 aromatic heterocycles. The van der Waals surface area contributed by atoms with Crippen LogP contribution in [-0.4, -0.2) is 72.7 Å².